The van der Waals surface area contributed by atoms with E-state index < -0.39 is 5.60 Å². The molecule has 6 rings (SSSR count). The molecule has 34 heavy (non-hydrogen) atoms. The number of imidazole rings is 1. The highest BCUT2D eigenvalue weighted by atomic mass is 16.3. The summed E-state index contributed by atoms with van der Waals surface area (Å²) >= 11 is 0. The molecular formula is C27H27N5O2. The van der Waals surface area contributed by atoms with E-state index in [-0.39, 0.29) is 17.9 Å². The minimum Gasteiger partial charge on any atom is -0.385 e. The van der Waals surface area contributed by atoms with Gasteiger partial charge in [0.2, 0.25) is 0 Å². The van der Waals surface area contributed by atoms with Crippen molar-refractivity contribution >= 4 is 11.4 Å². The molecule has 1 saturated carbocycles. The van der Waals surface area contributed by atoms with Crippen LogP contribution in [-0.4, -0.2) is 47.9 Å². The second-order valence-corrected chi connectivity index (χ2v) is 9.36. The maximum absolute atomic E-state index is 14.0. The first kappa shape index (κ1) is 21.0. The number of aromatic nitrogens is 4. The van der Waals surface area contributed by atoms with E-state index in [2.05, 4.69) is 9.97 Å². The molecule has 4 heterocycles. The van der Waals surface area contributed by atoms with Gasteiger partial charge >= 0.3 is 0 Å². The summed E-state index contributed by atoms with van der Waals surface area (Å²) in [6.45, 7) is 0.501. The smallest absolute Gasteiger partial charge is 0.274 e. The molecule has 1 saturated heterocycles. The molecule has 2 aliphatic rings. The molecule has 7 nitrogen and oxygen atoms in total. The van der Waals surface area contributed by atoms with E-state index in [1.165, 1.54) is 6.33 Å². The zero-order valence-electron chi connectivity index (χ0n) is 18.9. The van der Waals surface area contributed by atoms with Crippen molar-refractivity contribution in [1.82, 2.24) is 24.3 Å². The minimum absolute atomic E-state index is 0.0100. The van der Waals surface area contributed by atoms with E-state index in [9.17, 15) is 9.90 Å². The van der Waals surface area contributed by atoms with Crippen molar-refractivity contribution in [3.8, 4) is 11.4 Å². The molecule has 1 N–H and O–H groups in total. The van der Waals surface area contributed by atoms with Gasteiger partial charge in [-0.25, -0.2) is 15.0 Å². The molecule has 0 spiro atoms. The highest BCUT2D eigenvalue weighted by molar-refractivity contribution is 6.00. The second-order valence-electron chi connectivity index (χ2n) is 9.36. The van der Waals surface area contributed by atoms with Gasteiger partial charge in [-0.15, -0.1) is 0 Å². The van der Waals surface area contributed by atoms with E-state index >= 15 is 0 Å². The van der Waals surface area contributed by atoms with Crippen LogP contribution in [0.2, 0.25) is 0 Å². The van der Waals surface area contributed by atoms with E-state index in [1.807, 2.05) is 64.0 Å². The molecular weight excluding hydrogens is 426 g/mol. The Morgan fingerprint density at radius 1 is 1.00 bits per heavy atom. The fraction of sp³-hybridized carbons (Fsp3) is 0.333. The maximum atomic E-state index is 14.0. The molecule has 1 aromatic carbocycles. The number of carbonyl (C=O) groups is 1. The number of piperidine rings is 1. The second kappa shape index (κ2) is 8.33. The summed E-state index contributed by atoms with van der Waals surface area (Å²) in [4.78, 5) is 29.0. The van der Waals surface area contributed by atoms with Gasteiger partial charge in [-0.2, -0.15) is 0 Å². The van der Waals surface area contributed by atoms with Crippen molar-refractivity contribution in [2.24, 2.45) is 5.92 Å². The lowest BCUT2D eigenvalue weighted by atomic mass is 9.66. The third-order valence-electron chi connectivity index (χ3n) is 7.58. The number of hydrogen-bond donors (Lipinski definition) is 1. The molecule has 172 valence electrons. The Morgan fingerprint density at radius 2 is 1.76 bits per heavy atom. The molecule has 0 bridgehead atoms. The molecule has 7 heteroatoms. The van der Waals surface area contributed by atoms with Gasteiger partial charge in [-0.1, -0.05) is 49.2 Å². The van der Waals surface area contributed by atoms with E-state index in [0.717, 1.165) is 42.3 Å². The average Bonchev–Trinajstić information content (AvgIpc) is 3.30. The Morgan fingerprint density at radius 3 is 2.59 bits per heavy atom. The summed E-state index contributed by atoms with van der Waals surface area (Å²) in [6, 6.07) is 15.7. The van der Waals surface area contributed by atoms with Gasteiger partial charge in [0.05, 0.1) is 16.7 Å². The molecule has 1 unspecified atom stereocenters. The van der Waals surface area contributed by atoms with Gasteiger partial charge < -0.3 is 10.0 Å². The normalized spacial score (nSPS) is 24.7. The number of rotatable bonds is 3. The fourth-order valence-electron chi connectivity index (χ4n) is 5.97. The Balaban J connectivity index is 1.39. The van der Waals surface area contributed by atoms with Crippen molar-refractivity contribution in [2.45, 2.75) is 43.7 Å². The van der Waals surface area contributed by atoms with E-state index in [1.54, 1.807) is 12.4 Å². The van der Waals surface area contributed by atoms with Gasteiger partial charge in [0, 0.05) is 37.1 Å². The number of amides is 1. The van der Waals surface area contributed by atoms with Crippen LogP contribution < -0.4 is 0 Å². The first-order chi connectivity index (χ1) is 16.7. The summed E-state index contributed by atoms with van der Waals surface area (Å²) in [5, 5.41) is 11.9. The minimum atomic E-state index is -0.911. The Bertz CT molecular complexity index is 1320. The number of aliphatic hydroxyl groups is 1. The van der Waals surface area contributed by atoms with Gasteiger partial charge in [-0.3, -0.25) is 9.20 Å². The topological polar surface area (TPSA) is 83.6 Å². The van der Waals surface area contributed by atoms with Crippen LogP contribution in [0.15, 0.2) is 73.4 Å². The summed E-state index contributed by atoms with van der Waals surface area (Å²) in [7, 11) is 0. The number of pyridine rings is 1. The van der Waals surface area contributed by atoms with Gasteiger partial charge in [0.15, 0.2) is 5.69 Å². The lowest BCUT2D eigenvalue weighted by molar-refractivity contribution is -0.110. The highest BCUT2D eigenvalue weighted by Crippen LogP contribution is 2.47. The van der Waals surface area contributed by atoms with Crippen LogP contribution in [0.4, 0.5) is 0 Å². The summed E-state index contributed by atoms with van der Waals surface area (Å²) in [5.74, 6) is 0.591. The molecule has 3 aromatic heterocycles. The standard InChI is InChI=1S/C27H27N5O2/c33-26(24-23-12-6-7-14-31(23)25(30-24)19-16-28-18-29-17-19)32-15-13-27(34,20-8-2-1-3-9-20)21-10-4-5-11-22(21)32/h1-3,6-9,12,14,16-18,21-22,34H,4-5,10-11,13,15H2/t21-,22+,27?/m1/s1. The van der Waals surface area contributed by atoms with Crippen LogP contribution in [0.5, 0.6) is 0 Å². The number of carbonyl (C=O) groups excluding carboxylic acids is 1. The van der Waals surface area contributed by atoms with Crippen LogP contribution in [0.3, 0.4) is 0 Å². The van der Waals surface area contributed by atoms with E-state index in [4.69, 9.17) is 4.98 Å². The summed E-state index contributed by atoms with van der Waals surface area (Å²) < 4.78 is 1.93. The number of fused-ring (bicyclic) bond motifs is 2. The molecule has 3 atom stereocenters. The first-order valence-corrected chi connectivity index (χ1v) is 12.0. The molecule has 4 aromatic rings. The highest BCUT2D eigenvalue weighted by Gasteiger charge is 2.50. The Kier molecular flexibility index (Phi) is 5.14. The quantitative estimate of drug-likeness (QED) is 0.505. The van der Waals surface area contributed by atoms with Crippen molar-refractivity contribution < 1.29 is 9.90 Å². The number of benzene rings is 1. The van der Waals surface area contributed by atoms with Crippen LogP contribution in [-0.2, 0) is 5.60 Å². The van der Waals surface area contributed by atoms with Crippen LogP contribution in [0.25, 0.3) is 16.9 Å². The first-order valence-electron chi connectivity index (χ1n) is 12.0. The average molecular weight is 454 g/mol. The third-order valence-corrected chi connectivity index (χ3v) is 7.58. The van der Waals surface area contributed by atoms with Gasteiger partial charge in [-0.05, 0) is 37.0 Å². The number of nitrogens with zero attached hydrogens (tertiary/aromatic N) is 5. The fourth-order valence-corrected chi connectivity index (χ4v) is 5.97. The Hall–Kier alpha value is -3.58. The predicted octanol–water partition coefficient (Wildman–Crippen LogP) is 4.08. The van der Waals surface area contributed by atoms with Crippen LogP contribution >= 0.6 is 0 Å². The zero-order valence-corrected chi connectivity index (χ0v) is 18.9. The van der Waals surface area contributed by atoms with E-state index in [0.29, 0.717) is 24.5 Å². The van der Waals surface area contributed by atoms with Gasteiger partial charge in [0.25, 0.3) is 5.91 Å². The molecule has 0 radical (unpaired) electrons. The maximum Gasteiger partial charge on any atom is 0.274 e. The van der Waals surface area contributed by atoms with Crippen molar-refractivity contribution in [1.29, 1.82) is 0 Å². The number of hydrogen-bond acceptors (Lipinski definition) is 5. The van der Waals surface area contributed by atoms with Gasteiger partial charge in [0.1, 0.15) is 12.2 Å². The summed E-state index contributed by atoms with van der Waals surface area (Å²) in [5.41, 5.74) is 2.01. The molecule has 1 aliphatic carbocycles. The summed E-state index contributed by atoms with van der Waals surface area (Å²) in [6.07, 6.45) is 11.3. The van der Waals surface area contributed by atoms with Crippen LogP contribution in [0, 0.1) is 5.92 Å². The number of likely N-dealkylation sites (tertiary alicyclic amines) is 1. The monoisotopic (exact) mass is 453 g/mol. The SMILES string of the molecule is O=C(c1nc(-c2cncnc2)n2ccccc12)N1CCC(O)(c2ccccc2)[C@@H]2CCCC[C@@H]21. The zero-order chi connectivity index (χ0) is 23.1. The Labute approximate surface area is 198 Å². The largest absolute Gasteiger partial charge is 0.385 e. The van der Waals surface area contributed by atoms with Crippen molar-refractivity contribution in [3.63, 3.8) is 0 Å². The van der Waals surface area contributed by atoms with Crippen LogP contribution in [0.1, 0.15) is 48.2 Å². The lowest BCUT2D eigenvalue weighted by Gasteiger charge is -2.52. The predicted molar refractivity (Wildman–Crippen MR) is 128 cm³/mol. The molecule has 1 aliphatic heterocycles. The molecule has 1 amide bonds. The molecule has 2 fully saturated rings. The van der Waals surface area contributed by atoms with Crippen molar-refractivity contribution in [3.05, 3.63) is 84.7 Å². The van der Waals surface area contributed by atoms with Crippen molar-refractivity contribution in [2.75, 3.05) is 6.54 Å². The third kappa shape index (κ3) is 3.30. The lowest BCUT2D eigenvalue weighted by Crippen LogP contribution is -2.59.